The van der Waals surface area contributed by atoms with Gasteiger partial charge in [0.1, 0.15) is 10.8 Å². The minimum absolute atomic E-state index is 0. The molecule has 31 heavy (non-hydrogen) atoms. The van der Waals surface area contributed by atoms with Crippen LogP contribution in [-0.4, -0.2) is 49.6 Å². The predicted octanol–water partition coefficient (Wildman–Crippen LogP) is 4.57. The van der Waals surface area contributed by atoms with Crippen LogP contribution in [-0.2, 0) is 12.0 Å². The van der Waals surface area contributed by atoms with Gasteiger partial charge in [-0.15, -0.1) is 35.3 Å². The van der Waals surface area contributed by atoms with Crippen LogP contribution < -0.4 is 15.4 Å². The Kier molecular flexibility index (Phi) is 10.0. The Morgan fingerprint density at radius 2 is 1.94 bits per heavy atom. The second-order valence-electron chi connectivity index (χ2n) is 8.68. The van der Waals surface area contributed by atoms with E-state index in [1.807, 2.05) is 19.2 Å². The number of methoxy groups -OCH3 is 1. The molecule has 0 saturated carbocycles. The largest absolute Gasteiger partial charge is 0.496 e. The Hall–Kier alpha value is -1.39. The van der Waals surface area contributed by atoms with E-state index in [2.05, 4.69) is 58.8 Å². The zero-order chi connectivity index (χ0) is 21.6. The van der Waals surface area contributed by atoms with Crippen molar-refractivity contribution in [2.75, 3.05) is 33.8 Å². The molecule has 1 aliphatic heterocycles. The summed E-state index contributed by atoms with van der Waals surface area (Å²) in [5.74, 6) is 1.73. The van der Waals surface area contributed by atoms with Gasteiger partial charge >= 0.3 is 0 Å². The summed E-state index contributed by atoms with van der Waals surface area (Å²) in [4.78, 5) is 11.7. The SMILES string of the molecule is CN=C(NCc1nc(C(C)(C)C)cs1)NCC(c1ccccc1OC)N1CCCC1.I. The molecule has 1 aliphatic rings. The molecule has 1 atom stereocenters. The molecule has 2 N–H and O–H groups in total. The molecule has 3 rings (SSSR count). The van der Waals surface area contributed by atoms with E-state index >= 15 is 0 Å². The molecule has 0 aliphatic carbocycles. The number of hydrogen-bond donors (Lipinski definition) is 2. The molecule has 0 spiro atoms. The second kappa shape index (κ2) is 12.0. The summed E-state index contributed by atoms with van der Waals surface area (Å²) in [5.41, 5.74) is 2.43. The molecule has 0 amide bonds. The first-order valence-corrected chi connectivity index (χ1v) is 11.6. The molecular weight excluding hydrogens is 521 g/mol. The summed E-state index contributed by atoms with van der Waals surface area (Å²) in [5, 5.41) is 10.2. The summed E-state index contributed by atoms with van der Waals surface area (Å²) in [6.45, 7) is 10.2. The second-order valence-corrected chi connectivity index (χ2v) is 9.63. The summed E-state index contributed by atoms with van der Waals surface area (Å²) in [7, 11) is 3.55. The van der Waals surface area contributed by atoms with Crippen LogP contribution in [0.2, 0.25) is 0 Å². The number of likely N-dealkylation sites (tertiary alicyclic amines) is 1. The van der Waals surface area contributed by atoms with Gasteiger partial charge in [-0.3, -0.25) is 9.89 Å². The lowest BCUT2D eigenvalue weighted by Crippen LogP contribution is -2.42. The monoisotopic (exact) mass is 557 g/mol. The molecule has 0 bridgehead atoms. The van der Waals surface area contributed by atoms with Gasteiger partial charge in [-0.2, -0.15) is 0 Å². The van der Waals surface area contributed by atoms with Crippen molar-refractivity contribution in [3.05, 3.63) is 45.9 Å². The van der Waals surface area contributed by atoms with Gasteiger partial charge in [0.15, 0.2) is 5.96 Å². The summed E-state index contributed by atoms with van der Waals surface area (Å²) < 4.78 is 5.65. The molecule has 1 saturated heterocycles. The van der Waals surface area contributed by atoms with Crippen LogP contribution in [0, 0.1) is 0 Å². The highest BCUT2D eigenvalue weighted by molar-refractivity contribution is 14.0. The van der Waals surface area contributed by atoms with E-state index in [9.17, 15) is 0 Å². The molecule has 172 valence electrons. The molecule has 1 aromatic carbocycles. The Morgan fingerprint density at radius 1 is 1.23 bits per heavy atom. The molecule has 0 radical (unpaired) electrons. The quantitative estimate of drug-likeness (QED) is 0.297. The summed E-state index contributed by atoms with van der Waals surface area (Å²) >= 11 is 1.69. The van der Waals surface area contributed by atoms with Crippen LogP contribution in [0.4, 0.5) is 0 Å². The molecule has 8 heteroatoms. The van der Waals surface area contributed by atoms with Gasteiger partial charge in [-0.1, -0.05) is 39.0 Å². The number of rotatable bonds is 7. The minimum Gasteiger partial charge on any atom is -0.496 e. The number of nitrogens with zero attached hydrogens (tertiary/aromatic N) is 3. The standard InChI is InChI=1S/C23H35N5OS.HI/c1-23(2,3)20-16-30-21(27-20)15-26-22(24-4)25-14-18(28-12-8-9-13-28)17-10-6-7-11-19(17)29-5;/h6-7,10-11,16,18H,8-9,12-15H2,1-5H3,(H2,24,25,26);1H. The van der Waals surface area contributed by atoms with Crippen molar-refractivity contribution in [1.82, 2.24) is 20.5 Å². The summed E-state index contributed by atoms with van der Waals surface area (Å²) in [6, 6.07) is 8.57. The van der Waals surface area contributed by atoms with Gasteiger partial charge in [0.05, 0.1) is 25.4 Å². The molecule has 2 aromatic rings. The molecule has 2 heterocycles. The maximum atomic E-state index is 5.65. The lowest BCUT2D eigenvalue weighted by Gasteiger charge is -2.30. The number of para-hydroxylation sites is 1. The molecule has 6 nitrogen and oxygen atoms in total. The average molecular weight is 558 g/mol. The van der Waals surface area contributed by atoms with Crippen molar-refractivity contribution < 1.29 is 4.74 Å². The van der Waals surface area contributed by atoms with Crippen molar-refractivity contribution in [2.45, 2.75) is 51.6 Å². The molecular formula is C23H36IN5OS. The van der Waals surface area contributed by atoms with Crippen LogP contribution in [0.3, 0.4) is 0 Å². The number of ether oxygens (including phenoxy) is 1. The number of thiazole rings is 1. The average Bonchev–Trinajstić information content (AvgIpc) is 3.43. The maximum absolute atomic E-state index is 5.65. The first-order chi connectivity index (χ1) is 14.4. The number of guanidine groups is 1. The number of nitrogens with one attached hydrogen (secondary N) is 2. The molecule has 1 fully saturated rings. The van der Waals surface area contributed by atoms with E-state index < -0.39 is 0 Å². The van der Waals surface area contributed by atoms with E-state index in [4.69, 9.17) is 9.72 Å². The van der Waals surface area contributed by atoms with Crippen LogP contribution in [0.1, 0.15) is 55.9 Å². The Morgan fingerprint density at radius 3 is 2.55 bits per heavy atom. The van der Waals surface area contributed by atoms with Gasteiger partial charge in [0.2, 0.25) is 0 Å². The van der Waals surface area contributed by atoms with Gasteiger partial charge < -0.3 is 15.4 Å². The maximum Gasteiger partial charge on any atom is 0.191 e. The third-order valence-corrected chi connectivity index (χ3v) is 6.34. The lowest BCUT2D eigenvalue weighted by molar-refractivity contribution is 0.239. The van der Waals surface area contributed by atoms with Gasteiger partial charge in [0, 0.05) is 30.0 Å². The highest BCUT2D eigenvalue weighted by atomic mass is 127. The number of aromatic nitrogens is 1. The first-order valence-electron chi connectivity index (χ1n) is 10.7. The third kappa shape index (κ3) is 7.05. The zero-order valence-corrected chi connectivity index (χ0v) is 22.4. The van der Waals surface area contributed by atoms with Gasteiger partial charge in [0.25, 0.3) is 0 Å². The number of hydrogen-bond acceptors (Lipinski definition) is 5. The summed E-state index contributed by atoms with van der Waals surface area (Å²) in [6.07, 6.45) is 2.50. The fraction of sp³-hybridized carbons (Fsp3) is 0.565. The lowest BCUT2D eigenvalue weighted by atomic mass is 9.93. The van der Waals surface area contributed by atoms with Crippen molar-refractivity contribution in [1.29, 1.82) is 0 Å². The number of aliphatic imine (C=N–C) groups is 1. The molecule has 1 unspecified atom stereocenters. The van der Waals surface area contributed by atoms with E-state index in [1.165, 1.54) is 18.4 Å². The van der Waals surface area contributed by atoms with Crippen molar-refractivity contribution >= 4 is 41.3 Å². The Bertz CT molecular complexity index is 842. The zero-order valence-electron chi connectivity index (χ0n) is 19.3. The van der Waals surface area contributed by atoms with Crippen molar-refractivity contribution in [2.24, 2.45) is 4.99 Å². The number of benzene rings is 1. The molecule has 1 aromatic heterocycles. The first kappa shape index (κ1) is 25.9. The predicted molar refractivity (Wildman–Crippen MR) is 141 cm³/mol. The van der Waals surface area contributed by atoms with E-state index in [1.54, 1.807) is 18.4 Å². The van der Waals surface area contributed by atoms with E-state index in [-0.39, 0.29) is 35.4 Å². The fourth-order valence-electron chi connectivity index (χ4n) is 3.74. The topological polar surface area (TPSA) is 61.8 Å². The van der Waals surface area contributed by atoms with Crippen molar-refractivity contribution in [3.8, 4) is 5.75 Å². The van der Waals surface area contributed by atoms with Gasteiger partial charge in [-0.25, -0.2) is 4.98 Å². The van der Waals surface area contributed by atoms with Crippen molar-refractivity contribution in [3.63, 3.8) is 0 Å². The van der Waals surface area contributed by atoms with Crippen LogP contribution >= 0.6 is 35.3 Å². The van der Waals surface area contributed by atoms with E-state index in [0.29, 0.717) is 6.54 Å². The van der Waals surface area contributed by atoms with Crippen LogP contribution in [0.5, 0.6) is 5.75 Å². The normalized spacial score (nSPS) is 16.0. The highest BCUT2D eigenvalue weighted by Crippen LogP contribution is 2.31. The smallest absolute Gasteiger partial charge is 0.191 e. The Balaban J connectivity index is 0.00000341. The van der Waals surface area contributed by atoms with Gasteiger partial charge in [-0.05, 0) is 32.0 Å². The Labute approximate surface area is 207 Å². The van der Waals surface area contributed by atoms with E-state index in [0.717, 1.165) is 42.0 Å². The highest BCUT2D eigenvalue weighted by Gasteiger charge is 2.26. The minimum atomic E-state index is 0. The number of halogens is 1. The van der Waals surface area contributed by atoms with Crippen LogP contribution in [0.25, 0.3) is 0 Å². The third-order valence-electron chi connectivity index (χ3n) is 5.49. The fourth-order valence-corrected chi connectivity index (χ4v) is 4.70. The van der Waals surface area contributed by atoms with Crippen LogP contribution in [0.15, 0.2) is 34.6 Å².